The molecule has 28 heavy (non-hydrogen) atoms. The van der Waals surface area contributed by atoms with Gasteiger partial charge in [0.15, 0.2) is 0 Å². The SMILES string of the molecule is COC(=O)[C@@H]1CCCN1C(=O)[C@@H](CCC(=O)O)NC(=O)OCc1ccccc1. The fraction of sp³-hybridized carbons (Fsp3) is 0.474. The molecule has 2 amide bonds. The molecule has 1 aliphatic heterocycles. The topological polar surface area (TPSA) is 122 Å². The number of esters is 1. The van der Waals surface area contributed by atoms with E-state index in [4.69, 9.17) is 14.6 Å². The van der Waals surface area contributed by atoms with Gasteiger partial charge in [-0.3, -0.25) is 9.59 Å². The number of hydrogen-bond acceptors (Lipinski definition) is 6. The second kappa shape index (κ2) is 10.3. The Kier molecular flexibility index (Phi) is 7.79. The van der Waals surface area contributed by atoms with Crippen LogP contribution in [0.15, 0.2) is 30.3 Å². The summed E-state index contributed by atoms with van der Waals surface area (Å²) in [4.78, 5) is 49.1. The first-order valence-electron chi connectivity index (χ1n) is 8.99. The van der Waals surface area contributed by atoms with Gasteiger partial charge in [0.25, 0.3) is 0 Å². The van der Waals surface area contributed by atoms with Gasteiger partial charge >= 0.3 is 18.0 Å². The van der Waals surface area contributed by atoms with Crippen LogP contribution in [0.2, 0.25) is 0 Å². The molecule has 1 aromatic carbocycles. The van der Waals surface area contributed by atoms with Gasteiger partial charge in [-0.15, -0.1) is 0 Å². The minimum Gasteiger partial charge on any atom is -0.481 e. The van der Waals surface area contributed by atoms with E-state index < -0.39 is 36.0 Å². The van der Waals surface area contributed by atoms with Crippen LogP contribution in [0, 0.1) is 0 Å². The number of carboxylic acids is 1. The van der Waals surface area contributed by atoms with Crippen LogP contribution in [0.4, 0.5) is 4.79 Å². The second-order valence-corrected chi connectivity index (χ2v) is 6.40. The van der Waals surface area contributed by atoms with E-state index in [0.29, 0.717) is 19.4 Å². The highest BCUT2D eigenvalue weighted by molar-refractivity contribution is 5.90. The van der Waals surface area contributed by atoms with Crippen molar-refractivity contribution >= 4 is 23.9 Å². The lowest BCUT2D eigenvalue weighted by molar-refractivity contribution is -0.151. The van der Waals surface area contributed by atoms with E-state index in [2.05, 4.69) is 5.32 Å². The summed E-state index contributed by atoms with van der Waals surface area (Å²) in [5.41, 5.74) is 0.774. The number of methoxy groups -OCH3 is 1. The molecule has 9 heteroatoms. The summed E-state index contributed by atoms with van der Waals surface area (Å²) in [6.07, 6.45) is -0.176. The largest absolute Gasteiger partial charge is 0.481 e. The fourth-order valence-electron chi connectivity index (χ4n) is 3.04. The van der Waals surface area contributed by atoms with E-state index in [1.807, 2.05) is 6.07 Å². The maximum absolute atomic E-state index is 12.9. The Balaban J connectivity index is 2.01. The molecule has 0 aromatic heterocycles. The fourth-order valence-corrected chi connectivity index (χ4v) is 3.04. The zero-order chi connectivity index (χ0) is 20.5. The summed E-state index contributed by atoms with van der Waals surface area (Å²) in [5, 5.41) is 11.4. The first-order valence-corrected chi connectivity index (χ1v) is 8.99. The van der Waals surface area contributed by atoms with Crippen LogP contribution in [-0.2, 0) is 30.5 Å². The summed E-state index contributed by atoms with van der Waals surface area (Å²) < 4.78 is 9.84. The van der Waals surface area contributed by atoms with Gasteiger partial charge in [0, 0.05) is 13.0 Å². The maximum Gasteiger partial charge on any atom is 0.408 e. The average molecular weight is 392 g/mol. The minimum absolute atomic E-state index is 0.0149. The average Bonchev–Trinajstić information content (AvgIpc) is 3.19. The lowest BCUT2D eigenvalue weighted by Crippen LogP contribution is -2.52. The smallest absolute Gasteiger partial charge is 0.408 e. The molecule has 1 aliphatic rings. The lowest BCUT2D eigenvalue weighted by atomic mass is 10.1. The monoisotopic (exact) mass is 392 g/mol. The van der Waals surface area contributed by atoms with Crippen LogP contribution in [0.5, 0.6) is 0 Å². The molecule has 1 fully saturated rings. The van der Waals surface area contributed by atoms with E-state index in [-0.39, 0.29) is 19.4 Å². The molecule has 152 valence electrons. The number of alkyl carbamates (subject to hydrolysis) is 1. The standard InChI is InChI=1S/C19H24N2O7/c1-27-18(25)15-8-5-11-21(15)17(24)14(9-10-16(22)23)20-19(26)28-12-13-6-3-2-4-7-13/h2-4,6-7,14-15H,5,8-12H2,1H3,(H,20,26)(H,22,23)/t14-,15+/m1/s1. The number of carboxylic acid groups (broad SMARTS) is 1. The number of likely N-dealkylation sites (tertiary alicyclic amines) is 1. The summed E-state index contributed by atoms with van der Waals surface area (Å²) in [7, 11) is 1.24. The third kappa shape index (κ3) is 5.97. The highest BCUT2D eigenvalue weighted by atomic mass is 16.5. The number of benzene rings is 1. The van der Waals surface area contributed by atoms with Crippen molar-refractivity contribution < 1.29 is 33.8 Å². The highest BCUT2D eigenvalue weighted by Gasteiger charge is 2.38. The van der Waals surface area contributed by atoms with Crippen molar-refractivity contribution in [1.82, 2.24) is 10.2 Å². The van der Waals surface area contributed by atoms with Gasteiger partial charge in [-0.2, -0.15) is 0 Å². The van der Waals surface area contributed by atoms with Gasteiger partial charge in [-0.1, -0.05) is 30.3 Å². The molecule has 1 saturated heterocycles. The first kappa shape index (κ1) is 21.2. The zero-order valence-corrected chi connectivity index (χ0v) is 15.6. The van der Waals surface area contributed by atoms with Gasteiger partial charge in [0.2, 0.25) is 5.91 Å². The molecule has 2 rings (SSSR count). The van der Waals surface area contributed by atoms with E-state index in [9.17, 15) is 19.2 Å². The molecule has 0 aliphatic carbocycles. The molecule has 0 bridgehead atoms. The summed E-state index contributed by atoms with van der Waals surface area (Å²) in [6, 6.07) is 7.16. The number of rotatable bonds is 8. The van der Waals surface area contributed by atoms with Crippen LogP contribution in [0.1, 0.15) is 31.2 Å². The van der Waals surface area contributed by atoms with Crippen molar-refractivity contribution in [3.05, 3.63) is 35.9 Å². The van der Waals surface area contributed by atoms with Gasteiger partial charge in [-0.25, -0.2) is 9.59 Å². The minimum atomic E-state index is -1.11. The van der Waals surface area contributed by atoms with Crippen LogP contribution >= 0.6 is 0 Å². The van der Waals surface area contributed by atoms with E-state index in [0.717, 1.165) is 5.56 Å². The number of ether oxygens (including phenoxy) is 2. The Bertz CT molecular complexity index is 707. The summed E-state index contributed by atoms with van der Waals surface area (Å²) >= 11 is 0. The number of aliphatic carboxylic acids is 1. The quantitative estimate of drug-likeness (QED) is 0.640. The Labute approximate surface area is 162 Å². The van der Waals surface area contributed by atoms with Crippen molar-refractivity contribution in [3.63, 3.8) is 0 Å². The zero-order valence-electron chi connectivity index (χ0n) is 15.6. The molecule has 1 heterocycles. The van der Waals surface area contributed by atoms with Crippen LogP contribution in [0.25, 0.3) is 0 Å². The summed E-state index contributed by atoms with van der Waals surface area (Å²) in [6.45, 7) is 0.351. The number of hydrogen-bond donors (Lipinski definition) is 2. The predicted octanol–water partition coefficient (Wildman–Crippen LogP) is 1.31. The molecule has 0 unspecified atom stereocenters. The van der Waals surface area contributed by atoms with Crippen molar-refractivity contribution in [2.24, 2.45) is 0 Å². The van der Waals surface area contributed by atoms with Crippen LogP contribution in [-0.4, -0.2) is 59.7 Å². The van der Waals surface area contributed by atoms with Crippen molar-refractivity contribution in [2.45, 2.75) is 44.4 Å². The van der Waals surface area contributed by atoms with Crippen LogP contribution in [0.3, 0.4) is 0 Å². The number of nitrogens with one attached hydrogen (secondary N) is 1. The molecule has 0 saturated carbocycles. The lowest BCUT2D eigenvalue weighted by Gasteiger charge is -2.27. The van der Waals surface area contributed by atoms with Gasteiger partial charge in [0.05, 0.1) is 7.11 Å². The summed E-state index contributed by atoms with van der Waals surface area (Å²) in [5.74, 6) is -2.15. The normalized spacial score (nSPS) is 16.9. The van der Waals surface area contributed by atoms with Crippen molar-refractivity contribution in [2.75, 3.05) is 13.7 Å². The van der Waals surface area contributed by atoms with E-state index >= 15 is 0 Å². The van der Waals surface area contributed by atoms with Crippen molar-refractivity contribution in [1.29, 1.82) is 0 Å². The molecule has 9 nitrogen and oxygen atoms in total. The van der Waals surface area contributed by atoms with Crippen LogP contribution < -0.4 is 5.32 Å². The number of nitrogens with zero attached hydrogens (tertiary/aromatic N) is 1. The third-order valence-electron chi connectivity index (χ3n) is 4.46. The molecule has 2 N–H and O–H groups in total. The number of carbonyl (C=O) groups is 4. The predicted molar refractivity (Wildman–Crippen MR) is 97.2 cm³/mol. The molecular weight excluding hydrogens is 368 g/mol. The van der Waals surface area contributed by atoms with E-state index in [1.165, 1.54) is 12.0 Å². The molecule has 1 aromatic rings. The molecular formula is C19H24N2O7. The Hall–Kier alpha value is -3.10. The highest BCUT2D eigenvalue weighted by Crippen LogP contribution is 2.20. The Morgan fingerprint density at radius 3 is 2.61 bits per heavy atom. The van der Waals surface area contributed by atoms with Gasteiger partial charge in [0.1, 0.15) is 18.7 Å². The Morgan fingerprint density at radius 2 is 1.96 bits per heavy atom. The molecule has 0 spiro atoms. The molecule has 0 radical (unpaired) electrons. The van der Waals surface area contributed by atoms with Crippen molar-refractivity contribution in [3.8, 4) is 0 Å². The van der Waals surface area contributed by atoms with Gasteiger partial charge < -0.3 is 24.8 Å². The maximum atomic E-state index is 12.9. The second-order valence-electron chi connectivity index (χ2n) is 6.40. The Morgan fingerprint density at radius 1 is 1.25 bits per heavy atom. The number of carbonyl (C=O) groups excluding carboxylic acids is 3. The van der Waals surface area contributed by atoms with E-state index in [1.54, 1.807) is 24.3 Å². The molecule has 2 atom stereocenters. The number of amides is 2. The van der Waals surface area contributed by atoms with Gasteiger partial charge in [-0.05, 0) is 24.8 Å². The first-order chi connectivity index (χ1) is 13.4. The third-order valence-corrected chi connectivity index (χ3v) is 4.46.